The highest BCUT2D eigenvalue weighted by Gasteiger charge is 2.54. The summed E-state index contributed by atoms with van der Waals surface area (Å²) in [5, 5.41) is -0.972. The number of benzene rings is 12. The summed E-state index contributed by atoms with van der Waals surface area (Å²) in [7, 11) is 0. The summed E-state index contributed by atoms with van der Waals surface area (Å²) in [6.07, 6.45) is 15.3. The first-order chi connectivity index (χ1) is 62.2. The van der Waals surface area contributed by atoms with E-state index in [-0.39, 0.29) is 140 Å². The first kappa shape index (κ1) is 47.0. The highest BCUT2D eigenvalue weighted by atomic mass is 16.5. The molecule has 0 amide bonds. The second-order valence-electron chi connectivity index (χ2n) is 33.9. The summed E-state index contributed by atoms with van der Waals surface area (Å²) < 4.78 is 238. The third-order valence-electron chi connectivity index (χ3n) is 24.5. The lowest BCUT2D eigenvalue weighted by Crippen LogP contribution is -2.66. The van der Waals surface area contributed by atoms with E-state index in [2.05, 4.69) is 121 Å². The Morgan fingerprint density at radius 2 is 1.09 bits per heavy atom. The van der Waals surface area contributed by atoms with Crippen LogP contribution in [-0.2, 0) is 10.8 Å². The molecule has 12 aromatic carbocycles. The van der Waals surface area contributed by atoms with Gasteiger partial charge in [-0.2, -0.15) is 0 Å². The first-order valence-electron chi connectivity index (χ1n) is 49.6. The van der Waals surface area contributed by atoms with E-state index in [1.807, 2.05) is 60.7 Å². The minimum absolute atomic E-state index is 0.00508. The van der Waals surface area contributed by atoms with E-state index in [4.69, 9.17) is 4.74 Å². The van der Waals surface area contributed by atoms with Crippen molar-refractivity contribution in [1.82, 2.24) is 9.13 Å². The van der Waals surface area contributed by atoms with Crippen LogP contribution in [0.25, 0.3) is 88.4 Å². The smallest absolute Gasteiger partial charge is 0.256 e. The summed E-state index contributed by atoms with van der Waals surface area (Å²) in [5.41, 5.74) is 5.69. The van der Waals surface area contributed by atoms with E-state index >= 15 is 0 Å². The third kappa shape index (κ3) is 10.3. The molecule has 4 aliphatic heterocycles. The van der Waals surface area contributed by atoms with Crippen molar-refractivity contribution in [3.05, 3.63) is 295 Å². The van der Waals surface area contributed by atoms with Gasteiger partial charge in [-0.15, -0.1) is 0 Å². The van der Waals surface area contributed by atoms with E-state index in [0.717, 1.165) is 66.4 Å². The minimum Gasteiger partial charge on any atom is -0.459 e. The maximum absolute atomic E-state index is 12.4. The average molecular weight is 1430 g/mol. The Kier molecular flexibility index (Phi) is 10.7. The molecule has 21 rings (SSSR count). The van der Waals surface area contributed by atoms with Crippen molar-refractivity contribution in [2.45, 2.75) is 131 Å². The molecule has 4 unspecified atom stereocenters. The second-order valence-corrected chi connectivity index (χ2v) is 33.9. The van der Waals surface area contributed by atoms with Crippen molar-refractivity contribution in [2.75, 3.05) is 9.80 Å². The van der Waals surface area contributed by atoms with E-state index in [1.165, 1.54) is 14.7 Å². The summed E-state index contributed by atoms with van der Waals surface area (Å²) >= 11 is 0. The van der Waals surface area contributed by atoms with Crippen molar-refractivity contribution in [2.24, 2.45) is 23.2 Å². The van der Waals surface area contributed by atoms with Gasteiger partial charge in [0.05, 0.1) is 58.4 Å². The predicted molar refractivity (Wildman–Crippen MR) is 464 cm³/mol. The summed E-state index contributed by atoms with van der Waals surface area (Å²) in [6.45, 7) is 16.4. The van der Waals surface area contributed by atoms with Crippen LogP contribution in [0.3, 0.4) is 0 Å². The van der Waals surface area contributed by atoms with Crippen LogP contribution in [0.4, 0.5) is 28.4 Å². The number of nitrogens with zero attached hydrogens (tertiary/aromatic N) is 4. The number of ether oxygens (including phenoxy) is 1. The van der Waals surface area contributed by atoms with Crippen LogP contribution in [0.1, 0.15) is 155 Å². The number of hydrogen-bond donors (Lipinski definition) is 0. The highest BCUT2D eigenvalue weighted by Crippen LogP contribution is 2.57. The van der Waals surface area contributed by atoms with Gasteiger partial charge >= 0.3 is 0 Å². The Balaban J connectivity index is 1.05. The lowest BCUT2D eigenvalue weighted by Gasteiger charge is -2.53. The molecule has 0 saturated carbocycles. The highest BCUT2D eigenvalue weighted by molar-refractivity contribution is 7.03. The van der Waals surface area contributed by atoms with Gasteiger partial charge in [0.25, 0.3) is 13.4 Å². The molecule has 5 nitrogen and oxygen atoms in total. The number of rotatable bonds is 8. The monoisotopic (exact) mass is 1430 g/mol. The zero-order valence-electron chi connectivity index (χ0n) is 84.6. The SMILES string of the molecule is [2H]c1c([2H])c(-c2ccccc2)c([2H])c2c1B1c3c(c4c(c([2H])c3-n3c5c([2H])c([2H])c([2H])c([2H])c5c5c([2H])c([2H])c([2H])c1c53)N(c1c(-c3ccccc3)cc(C(C)(C)C)cc1-c1ccccc1)c1cc(C(C)(C)C)cc3c1B4c1c([2H])c([2H])c(-n4c5c([2H])c([2H])c([2H])c([2H])c5c5c([2H])c([2H])c([2H])c([2H])c54)c([2H])c1N3C1C(C3CC=CCC3)=CC(C(C)(C)C)CC1C1=CCCCC1)O2. The van der Waals surface area contributed by atoms with Gasteiger partial charge < -0.3 is 23.7 Å². The fraction of sp³-hybridized carbons (Fsp3) is 0.235. The molecule has 7 heteroatoms. The first-order valence-corrected chi connectivity index (χ1v) is 38.6. The van der Waals surface area contributed by atoms with Gasteiger partial charge in [0.2, 0.25) is 0 Å². The largest absolute Gasteiger partial charge is 0.459 e. The minimum atomic E-state index is -1.64. The maximum atomic E-state index is 12.4. The predicted octanol–water partition coefficient (Wildman–Crippen LogP) is 23.0. The lowest BCUT2D eigenvalue weighted by atomic mass is 9.30. The number of aromatic nitrogens is 2. The van der Waals surface area contributed by atoms with E-state index in [0.29, 0.717) is 52.1 Å². The molecule has 0 N–H and O–H groups in total. The van der Waals surface area contributed by atoms with Gasteiger partial charge in [-0.05, 0) is 218 Å². The Morgan fingerprint density at radius 1 is 0.486 bits per heavy atom. The summed E-state index contributed by atoms with van der Waals surface area (Å²) in [5.74, 6) is -0.982. The summed E-state index contributed by atoms with van der Waals surface area (Å²) in [6, 6.07) is 23.2. The van der Waals surface area contributed by atoms with Gasteiger partial charge in [-0.1, -0.05) is 274 Å². The fourth-order valence-electron chi connectivity index (χ4n) is 19.1. The van der Waals surface area contributed by atoms with E-state index < -0.39 is 157 Å². The van der Waals surface area contributed by atoms with Gasteiger partial charge in [0.15, 0.2) is 0 Å². The molecular weight excluding hydrogens is 1320 g/mol. The zero-order chi connectivity index (χ0) is 92.7. The molecular formula is C102H92B2N4O. The molecule has 0 saturated heterocycles. The molecule has 109 heavy (non-hydrogen) atoms. The van der Waals surface area contributed by atoms with Crippen LogP contribution in [0, 0.1) is 23.2 Å². The van der Waals surface area contributed by atoms with Crippen LogP contribution in [-0.4, -0.2) is 28.6 Å². The average Bonchev–Trinajstić information content (AvgIpc) is 1.63. The van der Waals surface area contributed by atoms with Crippen molar-refractivity contribution < 1.29 is 34.9 Å². The number of anilines is 5. The molecule has 7 aliphatic rings. The van der Waals surface area contributed by atoms with Crippen molar-refractivity contribution in [1.29, 1.82) is 0 Å². The molecule has 0 bridgehead atoms. The summed E-state index contributed by atoms with van der Waals surface area (Å²) in [4.78, 5) is 4.33. The Labute approximate surface area is 674 Å². The number of fused-ring (bicyclic) bond motifs is 15. The quantitative estimate of drug-likeness (QED) is 0.112. The van der Waals surface area contributed by atoms with Gasteiger partial charge in [0.1, 0.15) is 11.5 Å². The van der Waals surface area contributed by atoms with Crippen LogP contribution in [0.5, 0.6) is 11.5 Å². The fourth-order valence-corrected chi connectivity index (χ4v) is 19.1. The van der Waals surface area contributed by atoms with Gasteiger partial charge in [0, 0.05) is 78.2 Å². The number of allylic oxidation sites excluding steroid dienone is 4. The van der Waals surface area contributed by atoms with E-state index in [9.17, 15) is 30.2 Å². The third-order valence-corrected chi connectivity index (χ3v) is 24.5. The standard InChI is InChI=1S/C102H92B2N4O/c1-100(2,3)69-55-77(64-34-17-11-18-35-64)96(78(56-69)65-36-19-12-20-37-65)107-87-61-72(105-84-47-28-25-42-73(84)74-43-26-29-48-85(74)105)51-53-81(87)104-93-88(107)59-71(102(7,8)9)60-89(93)108(97-79(66-38-21-13-22-39-66)57-70(101(4,5)6)58-80(97)67-40-23-14-24-41-67)91-62-90-94-99(95(91)104)109-92-54-68(63-32-15-10-16-33-63)50-52-82(92)103(94)83-46-31-45-76-75-44-27-30-49-86(75)106(90)98(76)83/h10-11,13-17,21-33,36,38-55,57-62,64,69,78,96H,12,18-20,34-35,37,56H2,1-9H3/i25D,26D,27D,28D,29D,30D,31D,42D,43D,44D,45D,46D,47D,48D,49D,50D,51D,52D,53D,54D,61D,62D. The van der Waals surface area contributed by atoms with Crippen molar-refractivity contribution in [3.8, 4) is 56.3 Å². The lowest BCUT2D eigenvalue weighted by molar-refractivity contribution is 0.220. The number of hydrogen-bond acceptors (Lipinski definition) is 3. The van der Waals surface area contributed by atoms with Crippen LogP contribution < -0.4 is 47.3 Å². The molecule has 14 aromatic rings. The van der Waals surface area contributed by atoms with Gasteiger partial charge in [-0.3, -0.25) is 0 Å². The molecule has 3 aliphatic carbocycles. The molecule has 4 atom stereocenters. The zero-order valence-corrected chi connectivity index (χ0v) is 62.6. The number of para-hydroxylation sites is 4. The van der Waals surface area contributed by atoms with Crippen LogP contribution >= 0.6 is 0 Å². The van der Waals surface area contributed by atoms with Crippen LogP contribution in [0.15, 0.2) is 284 Å². The molecule has 6 heterocycles. The molecule has 0 fully saturated rings. The molecule has 2 aromatic heterocycles. The molecule has 0 radical (unpaired) electrons. The maximum Gasteiger partial charge on any atom is 0.256 e. The van der Waals surface area contributed by atoms with E-state index in [1.54, 1.807) is 30.3 Å². The normalized spacial score (nSPS) is 21.3. The molecule has 0 spiro atoms. The van der Waals surface area contributed by atoms with Crippen molar-refractivity contribution >= 4 is 118 Å². The topological polar surface area (TPSA) is 25.6 Å². The second kappa shape index (κ2) is 24.8. The Bertz CT molecular complexity index is 7450. The molecule has 532 valence electrons. The van der Waals surface area contributed by atoms with Crippen molar-refractivity contribution in [3.63, 3.8) is 0 Å². The van der Waals surface area contributed by atoms with Gasteiger partial charge in [-0.25, -0.2) is 0 Å². The Hall–Kier alpha value is -11.0. The van der Waals surface area contributed by atoms with Crippen LogP contribution in [0.2, 0.25) is 0 Å². The Morgan fingerprint density at radius 3 is 1.72 bits per heavy atom.